The lowest BCUT2D eigenvalue weighted by Gasteiger charge is -2.25. The lowest BCUT2D eigenvalue weighted by Crippen LogP contribution is -2.21. The molecule has 6 rings (SSSR count). The summed E-state index contributed by atoms with van der Waals surface area (Å²) in [7, 11) is 0.380. The molecule has 0 bridgehead atoms. The van der Waals surface area contributed by atoms with Gasteiger partial charge in [-0.1, -0.05) is 113 Å². The number of nitrogens with zero attached hydrogens (tertiary/aromatic N) is 3. The topological polar surface area (TPSA) is 123 Å². The molecule has 3 aliphatic rings. The number of hydrogen-bond donors (Lipinski definition) is 2. The second-order valence-corrected chi connectivity index (χ2v) is 21.6. The summed E-state index contributed by atoms with van der Waals surface area (Å²) in [5, 5.41) is 13.8. The Morgan fingerprint density at radius 3 is 1.43 bits per heavy atom. The van der Waals surface area contributed by atoms with Crippen LogP contribution in [0.2, 0.25) is 0 Å². The van der Waals surface area contributed by atoms with Crippen molar-refractivity contribution in [3.8, 4) is 17.2 Å². The maximum Gasteiger partial charge on any atom is 0.125 e. The third-order valence-electron chi connectivity index (χ3n) is 8.72. The third kappa shape index (κ3) is 17.9. The zero-order chi connectivity index (χ0) is 40.3. The second kappa shape index (κ2) is 22.6. The molecule has 0 radical (unpaired) electrons. The predicted octanol–water partition coefficient (Wildman–Crippen LogP) is 13.2. The van der Waals surface area contributed by atoms with Crippen LogP contribution in [-0.2, 0) is 19.3 Å². The molecule has 9 heteroatoms. The highest BCUT2D eigenvalue weighted by molar-refractivity contribution is 7.55. The first-order valence-electron chi connectivity index (χ1n) is 19.5. The second-order valence-electron chi connectivity index (χ2n) is 18.9. The summed E-state index contributed by atoms with van der Waals surface area (Å²) < 4.78 is 16.7. The Morgan fingerprint density at radius 1 is 0.643 bits per heavy atom. The molecule has 314 valence electrons. The molecule has 3 atom stereocenters. The molecular weight excluding hydrogens is 716 g/mol. The molecule has 3 N–H and O–H groups in total. The highest BCUT2D eigenvalue weighted by atomic mass is 31.1. The number of fused-ring (bicyclic) bond motifs is 3. The van der Waals surface area contributed by atoms with Gasteiger partial charge in [-0.3, -0.25) is 0 Å². The zero-order valence-corrected chi connectivity index (χ0v) is 36.2. The predicted molar refractivity (Wildman–Crippen MR) is 241 cm³/mol. The molecule has 0 saturated heterocycles. The molecule has 0 amide bonds. The van der Waals surface area contributed by atoms with Crippen LogP contribution in [0.3, 0.4) is 0 Å². The van der Waals surface area contributed by atoms with E-state index in [0.29, 0.717) is 33.0 Å². The van der Waals surface area contributed by atoms with Gasteiger partial charge in [-0.05, 0) is 108 Å². The minimum Gasteiger partial charge on any atom is -0.493 e. The van der Waals surface area contributed by atoms with E-state index in [1.807, 2.05) is 12.1 Å². The summed E-state index contributed by atoms with van der Waals surface area (Å²) in [6, 6.07) is 18.9. The lowest BCUT2D eigenvalue weighted by atomic mass is 9.86. The first kappa shape index (κ1) is 50.7. The third-order valence-corrected chi connectivity index (χ3v) is 8.72. The summed E-state index contributed by atoms with van der Waals surface area (Å²) in [5.74, 6) is 2.67. The fourth-order valence-electron chi connectivity index (χ4n) is 6.67. The molecule has 3 aromatic carbocycles. The molecule has 0 spiro atoms. The Morgan fingerprint density at radius 2 is 1.00 bits per heavy atom. The van der Waals surface area contributed by atoms with Crippen LogP contribution >= 0.6 is 7.92 Å². The van der Waals surface area contributed by atoms with E-state index in [0.717, 1.165) is 67.1 Å². The van der Waals surface area contributed by atoms with Gasteiger partial charge in [-0.15, -0.1) is 7.92 Å². The largest absolute Gasteiger partial charge is 0.493 e. The van der Waals surface area contributed by atoms with Crippen LogP contribution in [0.4, 0.5) is 0 Å². The van der Waals surface area contributed by atoms with E-state index in [4.69, 9.17) is 25.5 Å². The number of rotatable bonds is 4. The highest BCUT2D eigenvalue weighted by Crippen LogP contribution is 2.37. The van der Waals surface area contributed by atoms with E-state index >= 15 is 0 Å². The van der Waals surface area contributed by atoms with Crippen LogP contribution in [0, 0.1) is 16.2 Å². The molecule has 0 aromatic heterocycles. The summed E-state index contributed by atoms with van der Waals surface area (Å²) in [4.78, 5) is 2.93. The Labute approximate surface area is 342 Å². The average Bonchev–Trinajstić information content (AvgIpc) is 3.04. The number of aliphatic hydroxyl groups is 1. The molecule has 56 heavy (non-hydrogen) atoms. The highest BCUT2D eigenvalue weighted by Gasteiger charge is 2.23. The van der Waals surface area contributed by atoms with Crippen LogP contribution in [0.25, 0.3) is 10.4 Å². The van der Waals surface area contributed by atoms with Crippen molar-refractivity contribution in [1.29, 1.82) is 0 Å². The number of ether oxygens (including phenoxy) is 3. The van der Waals surface area contributed by atoms with Crippen LogP contribution in [-0.4, -0.2) is 44.9 Å². The number of benzene rings is 3. The van der Waals surface area contributed by atoms with Crippen molar-refractivity contribution < 1.29 is 19.3 Å². The van der Waals surface area contributed by atoms with Crippen LogP contribution in [0.5, 0.6) is 17.2 Å². The van der Waals surface area contributed by atoms with Gasteiger partial charge in [0.05, 0.1) is 32.0 Å². The van der Waals surface area contributed by atoms with Crippen LogP contribution < -0.4 is 19.9 Å². The quantitative estimate of drug-likeness (QED) is 0.118. The van der Waals surface area contributed by atoms with Gasteiger partial charge in [0.15, 0.2) is 0 Å². The Kier molecular flexibility index (Phi) is 20.5. The van der Waals surface area contributed by atoms with Gasteiger partial charge < -0.3 is 25.1 Å². The molecule has 0 unspecified atom stereocenters. The number of nitrogens with two attached hydrogens (primary N) is 1. The van der Waals surface area contributed by atoms with Crippen molar-refractivity contribution in [2.45, 2.75) is 134 Å². The normalized spacial score (nSPS) is 18.1. The molecule has 3 aromatic rings. The molecule has 8 nitrogen and oxygen atoms in total. The van der Waals surface area contributed by atoms with Gasteiger partial charge >= 0.3 is 0 Å². The van der Waals surface area contributed by atoms with Crippen molar-refractivity contribution in [3.63, 3.8) is 0 Å². The number of hydrogen-bond acceptors (Lipinski definition) is 6. The monoisotopic (exact) mass is 793 g/mol. The number of azide groups is 1. The fourth-order valence-corrected chi connectivity index (χ4v) is 6.67. The molecule has 0 aliphatic carbocycles. The first-order chi connectivity index (χ1) is 25.1. The average molecular weight is 793 g/mol. The SMILES string of the molecule is C.C.CC(C)(C)Cc1ccc2c(c1)[C@@H](N)CCO2.CC(C)(C)Cc1ccc2c(c1)[C@@H](N=[N+]=[N-])CCO2.CC(C)(C)Cc1ccc2c(c1)[C@H](O)CCO2.CP(C)C. The minimum absolute atomic E-state index is 0. The smallest absolute Gasteiger partial charge is 0.125 e. The molecule has 3 aliphatic heterocycles. The van der Waals surface area contributed by atoms with Crippen molar-refractivity contribution in [2.75, 3.05) is 39.8 Å². The van der Waals surface area contributed by atoms with Crippen molar-refractivity contribution in [2.24, 2.45) is 27.1 Å². The van der Waals surface area contributed by atoms with Gasteiger partial charge in [-0.2, -0.15) is 0 Å². The molecular formula is C47H77N4O4P. The van der Waals surface area contributed by atoms with Crippen molar-refractivity contribution in [3.05, 3.63) is 98.4 Å². The molecule has 3 heterocycles. The van der Waals surface area contributed by atoms with Gasteiger partial charge in [0, 0.05) is 40.5 Å². The van der Waals surface area contributed by atoms with E-state index in [9.17, 15) is 5.11 Å². The zero-order valence-electron chi connectivity index (χ0n) is 35.3. The Bertz CT molecular complexity index is 1600. The van der Waals surface area contributed by atoms with Crippen LogP contribution in [0.1, 0.15) is 148 Å². The Hall–Kier alpha value is -3.28. The first-order valence-corrected chi connectivity index (χ1v) is 22.2. The van der Waals surface area contributed by atoms with Gasteiger partial charge in [0.2, 0.25) is 0 Å². The maximum absolute atomic E-state index is 9.90. The summed E-state index contributed by atoms with van der Waals surface area (Å²) in [6.07, 6.45) is 5.13. The van der Waals surface area contributed by atoms with Gasteiger partial charge in [-0.25, -0.2) is 0 Å². The lowest BCUT2D eigenvalue weighted by molar-refractivity contribution is 0.115. The summed E-state index contributed by atoms with van der Waals surface area (Å²) in [6.45, 7) is 28.7. The van der Waals surface area contributed by atoms with Crippen molar-refractivity contribution >= 4 is 7.92 Å². The maximum atomic E-state index is 9.90. The van der Waals surface area contributed by atoms with E-state index in [-0.39, 0.29) is 43.9 Å². The van der Waals surface area contributed by atoms with Crippen molar-refractivity contribution in [1.82, 2.24) is 0 Å². The van der Waals surface area contributed by atoms with Gasteiger partial charge in [0.25, 0.3) is 0 Å². The summed E-state index contributed by atoms with van der Waals surface area (Å²) >= 11 is 0. The van der Waals surface area contributed by atoms with Crippen LogP contribution in [0.15, 0.2) is 59.7 Å². The van der Waals surface area contributed by atoms with Gasteiger partial charge in [0.1, 0.15) is 17.2 Å². The Balaban J connectivity index is 0.000000394. The number of aliphatic hydroxyl groups excluding tert-OH is 1. The molecule has 0 saturated carbocycles. The van der Waals surface area contributed by atoms with E-state index < -0.39 is 0 Å². The molecule has 0 fully saturated rings. The minimum atomic E-state index is -0.358. The summed E-state index contributed by atoms with van der Waals surface area (Å²) in [5.41, 5.74) is 22.6. The van der Waals surface area contributed by atoms with E-state index in [1.165, 1.54) is 22.3 Å². The van der Waals surface area contributed by atoms with E-state index in [1.54, 1.807) is 0 Å². The fraction of sp³-hybridized carbons (Fsp3) is 0.617. The van der Waals surface area contributed by atoms with E-state index in [2.05, 4.69) is 135 Å². The standard InChI is InChI=1S/C14H19N3O.C14H21NO.C14H20O2.C3H9P.2CH4/c1-14(2,3)9-10-4-5-13-11(8-10)12(16-17-15)6-7-18-13;2*1-14(2,3)9-10-4-5-13-11(8-10)12(15)6-7-16-13;1-4(2)3;;/h4-5,8,12H,6-7,9H2,1-3H3;4-5,8,12H,6-7,9,15H2,1-3H3;4-5,8,12,15H,6-7,9H2,1-3H3;1-3H3;2*1H4/t3*12-;;;/m001.../s1.